The number of aromatic hydroxyl groups is 1. The van der Waals surface area contributed by atoms with Crippen molar-refractivity contribution in [3.05, 3.63) is 40.7 Å². The molecule has 1 aliphatic rings. The van der Waals surface area contributed by atoms with Gasteiger partial charge in [-0.15, -0.1) is 0 Å². The first-order chi connectivity index (χ1) is 10.9. The van der Waals surface area contributed by atoms with Crippen molar-refractivity contribution < 1.29 is 9.90 Å². The SMILES string of the molecule is Cc1nn(C)c(C)c1CN(C(=O)c1cc(O)ccc1N)C1CC1. The molecule has 0 radical (unpaired) electrons. The van der Waals surface area contributed by atoms with E-state index in [2.05, 4.69) is 5.10 Å². The molecule has 3 rings (SSSR count). The number of amides is 1. The molecule has 0 aliphatic heterocycles. The summed E-state index contributed by atoms with van der Waals surface area (Å²) in [5.41, 5.74) is 9.75. The van der Waals surface area contributed by atoms with Gasteiger partial charge < -0.3 is 15.7 Å². The van der Waals surface area contributed by atoms with Crippen molar-refractivity contribution in [1.82, 2.24) is 14.7 Å². The molecular formula is C17H22N4O2. The summed E-state index contributed by atoms with van der Waals surface area (Å²) in [7, 11) is 1.91. The number of aryl methyl sites for hydroxylation is 2. The third-order valence-electron chi connectivity index (χ3n) is 4.50. The van der Waals surface area contributed by atoms with Crippen LogP contribution in [0.3, 0.4) is 0 Å². The molecule has 1 amide bonds. The Morgan fingerprint density at radius 2 is 2.13 bits per heavy atom. The lowest BCUT2D eigenvalue weighted by Gasteiger charge is -2.23. The third kappa shape index (κ3) is 2.88. The Balaban J connectivity index is 1.93. The number of carbonyl (C=O) groups excluding carboxylic acids is 1. The highest BCUT2D eigenvalue weighted by molar-refractivity contribution is 5.99. The van der Waals surface area contributed by atoms with Crippen LogP contribution in [0.2, 0.25) is 0 Å². The summed E-state index contributed by atoms with van der Waals surface area (Å²) in [6.45, 7) is 4.48. The van der Waals surface area contributed by atoms with Crippen LogP contribution in [0.15, 0.2) is 18.2 Å². The first-order valence-electron chi connectivity index (χ1n) is 7.77. The highest BCUT2D eigenvalue weighted by Gasteiger charge is 2.34. The summed E-state index contributed by atoms with van der Waals surface area (Å²) in [4.78, 5) is 14.8. The molecule has 23 heavy (non-hydrogen) atoms. The minimum Gasteiger partial charge on any atom is -0.508 e. The van der Waals surface area contributed by atoms with Gasteiger partial charge in [-0.05, 0) is 44.9 Å². The Bertz CT molecular complexity index is 762. The smallest absolute Gasteiger partial charge is 0.256 e. The van der Waals surface area contributed by atoms with Gasteiger partial charge in [-0.2, -0.15) is 5.10 Å². The maximum absolute atomic E-state index is 12.9. The van der Waals surface area contributed by atoms with Crippen LogP contribution in [0, 0.1) is 13.8 Å². The van der Waals surface area contributed by atoms with E-state index in [1.165, 1.54) is 12.1 Å². The summed E-state index contributed by atoms with van der Waals surface area (Å²) < 4.78 is 1.84. The number of aromatic nitrogens is 2. The second-order valence-electron chi connectivity index (χ2n) is 6.21. The molecule has 1 aromatic heterocycles. The highest BCUT2D eigenvalue weighted by atomic mass is 16.3. The van der Waals surface area contributed by atoms with Crippen LogP contribution < -0.4 is 5.73 Å². The number of carbonyl (C=O) groups is 1. The fourth-order valence-corrected chi connectivity index (χ4v) is 2.85. The maximum Gasteiger partial charge on any atom is 0.256 e. The van der Waals surface area contributed by atoms with E-state index in [0.717, 1.165) is 29.8 Å². The Morgan fingerprint density at radius 1 is 1.43 bits per heavy atom. The number of nitrogens with two attached hydrogens (primary N) is 1. The van der Waals surface area contributed by atoms with Crippen molar-refractivity contribution in [1.29, 1.82) is 0 Å². The van der Waals surface area contributed by atoms with Gasteiger partial charge in [-0.3, -0.25) is 9.48 Å². The first kappa shape index (κ1) is 15.4. The quantitative estimate of drug-likeness (QED) is 0.669. The summed E-state index contributed by atoms with van der Waals surface area (Å²) in [6, 6.07) is 4.73. The lowest BCUT2D eigenvalue weighted by Crippen LogP contribution is -2.33. The lowest BCUT2D eigenvalue weighted by atomic mass is 10.1. The number of nitrogens with zero attached hydrogens (tertiary/aromatic N) is 3. The zero-order valence-corrected chi connectivity index (χ0v) is 13.7. The van der Waals surface area contributed by atoms with E-state index >= 15 is 0 Å². The number of phenols is 1. The molecule has 122 valence electrons. The molecule has 1 saturated carbocycles. The van der Waals surface area contributed by atoms with Crippen LogP contribution >= 0.6 is 0 Å². The van der Waals surface area contributed by atoms with Crippen LogP contribution in [0.4, 0.5) is 5.69 Å². The topological polar surface area (TPSA) is 84.4 Å². The van der Waals surface area contributed by atoms with Gasteiger partial charge in [0.05, 0.1) is 11.3 Å². The van der Waals surface area contributed by atoms with Crippen LogP contribution in [-0.2, 0) is 13.6 Å². The molecule has 1 aliphatic carbocycles. The molecule has 1 heterocycles. The lowest BCUT2D eigenvalue weighted by molar-refractivity contribution is 0.0730. The van der Waals surface area contributed by atoms with Crippen LogP contribution in [-0.4, -0.2) is 31.7 Å². The zero-order chi connectivity index (χ0) is 16.7. The molecule has 3 N–H and O–H groups in total. The fourth-order valence-electron chi connectivity index (χ4n) is 2.85. The van der Waals surface area contributed by atoms with Gasteiger partial charge in [0.15, 0.2) is 0 Å². The number of benzene rings is 1. The first-order valence-corrected chi connectivity index (χ1v) is 7.77. The average Bonchev–Trinajstić information content (AvgIpc) is 3.30. The molecule has 0 unspecified atom stereocenters. The molecular weight excluding hydrogens is 292 g/mol. The van der Waals surface area contributed by atoms with E-state index in [1.54, 1.807) is 6.07 Å². The number of nitrogen functional groups attached to an aromatic ring is 1. The van der Waals surface area contributed by atoms with E-state index in [9.17, 15) is 9.90 Å². The molecule has 1 aromatic carbocycles. The summed E-state index contributed by atoms with van der Waals surface area (Å²) in [5, 5.41) is 14.1. The third-order valence-corrected chi connectivity index (χ3v) is 4.50. The van der Waals surface area contributed by atoms with E-state index < -0.39 is 0 Å². The number of hydrogen-bond acceptors (Lipinski definition) is 4. The van der Waals surface area contributed by atoms with Gasteiger partial charge in [0, 0.05) is 36.6 Å². The molecule has 0 atom stereocenters. The van der Waals surface area contributed by atoms with Gasteiger partial charge >= 0.3 is 0 Å². The standard InChI is InChI=1S/C17H22N4O2/c1-10-15(11(2)20(3)19-10)9-21(12-4-5-12)17(23)14-8-13(22)6-7-16(14)18/h6-8,12,22H,4-5,9,18H2,1-3H3. The summed E-state index contributed by atoms with van der Waals surface area (Å²) in [5.74, 6) is -0.0874. The van der Waals surface area contributed by atoms with E-state index in [0.29, 0.717) is 17.8 Å². The highest BCUT2D eigenvalue weighted by Crippen LogP contribution is 2.32. The monoisotopic (exact) mass is 314 g/mol. The van der Waals surface area contributed by atoms with Crippen molar-refractivity contribution in [2.75, 3.05) is 5.73 Å². The number of rotatable bonds is 4. The Morgan fingerprint density at radius 3 is 2.70 bits per heavy atom. The van der Waals surface area contributed by atoms with Gasteiger partial charge in [0.25, 0.3) is 5.91 Å². The second-order valence-corrected chi connectivity index (χ2v) is 6.21. The van der Waals surface area contributed by atoms with Crippen LogP contribution in [0.5, 0.6) is 5.75 Å². The zero-order valence-electron chi connectivity index (χ0n) is 13.7. The molecule has 1 fully saturated rings. The van der Waals surface area contributed by atoms with Crippen LogP contribution in [0.1, 0.15) is 40.2 Å². The Hall–Kier alpha value is -2.50. The minimum absolute atomic E-state index is 0.0482. The Labute approximate surface area is 135 Å². The van der Waals surface area contributed by atoms with Crippen LogP contribution in [0.25, 0.3) is 0 Å². The predicted octanol–water partition coefficient (Wildman–Crippen LogP) is 2.13. The number of hydrogen-bond donors (Lipinski definition) is 2. The Kier molecular flexibility index (Phi) is 3.75. The van der Waals surface area contributed by atoms with Gasteiger partial charge in [-0.1, -0.05) is 0 Å². The summed E-state index contributed by atoms with van der Waals surface area (Å²) >= 11 is 0. The number of phenolic OH excluding ortho intramolecular Hbond substituents is 1. The average molecular weight is 314 g/mol. The normalized spacial score (nSPS) is 14.0. The van der Waals surface area contributed by atoms with Gasteiger partial charge in [-0.25, -0.2) is 0 Å². The predicted molar refractivity (Wildman–Crippen MR) is 88.1 cm³/mol. The molecule has 0 spiro atoms. The molecule has 6 heteroatoms. The minimum atomic E-state index is -0.136. The van der Waals surface area contributed by atoms with E-state index in [1.807, 2.05) is 30.5 Å². The van der Waals surface area contributed by atoms with Crippen molar-refractivity contribution in [3.8, 4) is 5.75 Å². The van der Waals surface area contributed by atoms with Gasteiger partial charge in [0.1, 0.15) is 5.75 Å². The van der Waals surface area contributed by atoms with Gasteiger partial charge in [0.2, 0.25) is 0 Å². The van der Waals surface area contributed by atoms with Crippen molar-refractivity contribution >= 4 is 11.6 Å². The molecule has 0 bridgehead atoms. The second kappa shape index (κ2) is 5.61. The maximum atomic E-state index is 12.9. The molecule has 2 aromatic rings. The number of anilines is 1. The fraction of sp³-hybridized carbons (Fsp3) is 0.412. The van der Waals surface area contributed by atoms with Crippen molar-refractivity contribution in [2.45, 2.75) is 39.3 Å². The molecule has 6 nitrogen and oxygen atoms in total. The molecule has 0 saturated heterocycles. The van der Waals surface area contributed by atoms with E-state index in [4.69, 9.17) is 5.73 Å². The largest absolute Gasteiger partial charge is 0.508 e. The van der Waals surface area contributed by atoms with Crippen molar-refractivity contribution in [3.63, 3.8) is 0 Å². The van der Waals surface area contributed by atoms with Crippen molar-refractivity contribution in [2.24, 2.45) is 7.05 Å². The van der Waals surface area contributed by atoms with E-state index in [-0.39, 0.29) is 17.7 Å². The summed E-state index contributed by atoms with van der Waals surface area (Å²) in [6.07, 6.45) is 2.01.